The van der Waals surface area contributed by atoms with E-state index in [9.17, 15) is 21.6 Å². The zero-order valence-electron chi connectivity index (χ0n) is 9.67. The van der Waals surface area contributed by atoms with Crippen molar-refractivity contribution in [2.75, 3.05) is 17.6 Å². The highest BCUT2D eigenvalue weighted by Gasteiger charge is 2.33. The van der Waals surface area contributed by atoms with E-state index in [4.69, 9.17) is 5.14 Å². The van der Waals surface area contributed by atoms with Crippen molar-refractivity contribution in [3.8, 4) is 0 Å². The fourth-order valence-electron chi connectivity index (χ4n) is 1.40. The summed E-state index contributed by atoms with van der Waals surface area (Å²) in [5.41, 5.74) is -0.900. The summed E-state index contributed by atoms with van der Waals surface area (Å²) >= 11 is 2.97. The van der Waals surface area contributed by atoms with Gasteiger partial charge in [0, 0.05) is 16.7 Å². The summed E-state index contributed by atoms with van der Waals surface area (Å²) in [7, 11) is -3.59. The molecule has 0 saturated carbocycles. The number of rotatable bonds is 5. The molecule has 0 bridgehead atoms. The van der Waals surface area contributed by atoms with Crippen molar-refractivity contribution >= 4 is 31.6 Å². The van der Waals surface area contributed by atoms with Gasteiger partial charge in [-0.15, -0.1) is 0 Å². The van der Waals surface area contributed by atoms with Crippen molar-refractivity contribution in [1.82, 2.24) is 0 Å². The fraction of sp³-hybridized carbons (Fsp3) is 0.400. The average Bonchev–Trinajstić information content (AvgIpc) is 2.23. The lowest BCUT2D eigenvalue weighted by Crippen LogP contribution is -2.19. The van der Waals surface area contributed by atoms with Gasteiger partial charge in [-0.1, -0.05) is 15.9 Å². The van der Waals surface area contributed by atoms with E-state index in [1.807, 2.05) is 0 Å². The average molecular weight is 361 g/mol. The van der Waals surface area contributed by atoms with Gasteiger partial charge in [0.05, 0.1) is 11.3 Å². The molecule has 0 amide bonds. The smallest absolute Gasteiger partial charge is 0.385 e. The minimum Gasteiger partial charge on any atom is -0.385 e. The monoisotopic (exact) mass is 360 g/mol. The summed E-state index contributed by atoms with van der Waals surface area (Å²) in [6.07, 6.45) is -4.35. The lowest BCUT2D eigenvalue weighted by Gasteiger charge is -2.14. The molecular formula is C10H12BrF3N2O2S. The van der Waals surface area contributed by atoms with Gasteiger partial charge in [0.1, 0.15) is 0 Å². The maximum Gasteiger partial charge on any atom is 0.418 e. The summed E-state index contributed by atoms with van der Waals surface area (Å²) in [6.45, 7) is 0.0845. The number of hydrogen-bond acceptors (Lipinski definition) is 3. The highest BCUT2D eigenvalue weighted by atomic mass is 79.9. The zero-order valence-corrected chi connectivity index (χ0v) is 12.1. The van der Waals surface area contributed by atoms with Crippen LogP contribution in [0.4, 0.5) is 18.9 Å². The van der Waals surface area contributed by atoms with E-state index < -0.39 is 21.8 Å². The first-order chi connectivity index (χ1) is 8.59. The van der Waals surface area contributed by atoms with Crippen LogP contribution >= 0.6 is 15.9 Å². The molecule has 19 heavy (non-hydrogen) atoms. The molecule has 0 radical (unpaired) electrons. The fourth-order valence-corrected chi connectivity index (χ4v) is 2.31. The molecule has 0 saturated heterocycles. The number of alkyl halides is 3. The Morgan fingerprint density at radius 1 is 1.32 bits per heavy atom. The summed E-state index contributed by atoms with van der Waals surface area (Å²) in [5, 5.41) is 7.35. The molecule has 108 valence electrons. The second-order valence-electron chi connectivity index (χ2n) is 3.83. The molecule has 0 fully saturated rings. The molecule has 0 spiro atoms. The quantitative estimate of drug-likeness (QED) is 0.792. The largest absolute Gasteiger partial charge is 0.418 e. The number of nitrogens with one attached hydrogen (secondary N) is 1. The van der Waals surface area contributed by atoms with E-state index in [1.54, 1.807) is 0 Å². The van der Waals surface area contributed by atoms with Gasteiger partial charge >= 0.3 is 6.18 Å². The lowest BCUT2D eigenvalue weighted by molar-refractivity contribution is -0.137. The highest BCUT2D eigenvalue weighted by molar-refractivity contribution is 9.10. The standard InChI is InChI=1S/C10H12BrF3N2O2S/c11-7-2-3-9(8(6-7)10(12,13)14)16-4-1-5-19(15,17)18/h2-3,6,16H,1,4-5H2,(H2,15,17,18). The third kappa shape index (κ3) is 5.79. The van der Waals surface area contributed by atoms with Crippen LogP contribution in [0.1, 0.15) is 12.0 Å². The Kier molecular flexibility index (Phi) is 5.22. The van der Waals surface area contributed by atoms with E-state index in [-0.39, 0.29) is 24.4 Å². The summed E-state index contributed by atoms with van der Waals surface area (Å²) in [6, 6.07) is 3.71. The maximum absolute atomic E-state index is 12.8. The topological polar surface area (TPSA) is 72.2 Å². The van der Waals surface area contributed by atoms with Crippen molar-refractivity contribution in [3.05, 3.63) is 28.2 Å². The zero-order chi connectivity index (χ0) is 14.7. The molecule has 0 aromatic heterocycles. The normalized spacial score (nSPS) is 12.5. The first-order valence-corrected chi connectivity index (χ1v) is 7.71. The van der Waals surface area contributed by atoms with Crippen LogP contribution in [0, 0.1) is 0 Å². The van der Waals surface area contributed by atoms with Gasteiger partial charge in [0.15, 0.2) is 0 Å². The molecule has 1 aromatic rings. The molecule has 0 unspecified atom stereocenters. The summed E-state index contributed by atoms with van der Waals surface area (Å²) < 4.78 is 59.9. The van der Waals surface area contributed by atoms with Gasteiger partial charge in [0.25, 0.3) is 0 Å². The molecule has 1 aromatic carbocycles. The van der Waals surface area contributed by atoms with Gasteiger partial charge in [-0.25, -0.2) is 13.6 Å². The molecule has 0 atom stereocenters. The minimum atomic E-state index is -4.48. The van der Waals surface area contributed by atoms with Gasteiger partial charge in [-0.2, -0.15) is 13.2 Å². The van der Waals surface area contributed by atoms with Crippen LogP contribution in [0.15, 0.2) is 22.7 Å². The molecule has 4 nitrogen and oxygen atoms in total. The molecule has 0 aliphatic heterocycles. The summed E-state index contributed by atoms with van der Waals surface area (Å²) in [5.74, 6) is -0.280. The predicted molar refractivity (Wildman–Crippen MR) is 70.2 cm³/mol. The maximum atomic E-state index is 12.8. The van der Waals surface area contributed by atoms with Crippen molar-refractivity contribution in [2.24, 2.45) is 5.14 Å². The van der Waals surface area contributed by atoms with Gasteiger partial charge in [-0.05, 0) is 24.6 Å². The second-order valence-corrected chi connectivity index (χ2v) is 6.48. The Bertz CT molecular complexity index is 546. The van der Waals surface area contributed by atoms with E-state index in [0.29, 0.717) is 4.47 Å². The number of benzene rings is 1. The van der Waals surface area contributed by atoms with E-state index in [0.717, 1.165) is 6.07 Å². The molecule has 0 aliphatic carbocycles. The van der Waals surface area contributed by atoms with Gasteiger partial charge < -0.3 is 5.32 Å². The van der Waals surface area contributed by atoms with Crippen LogP contribution in [-0.2, 0) is 16.2 Å². The summed E-state index contributed by atoms with van der Waals surface area (Å²) in [4.78, 5) is 0. The first kappa shape index (κ1) is 16.3. The SMILES string of the molecule is NS(=O)(=O)CCCNc1ccc(Br)cc1C(F)(F)F. The van der Waals surface area contributed by atoms with Crippen molar-refractivity contribution in [3.63, 3.8) is 0 Å². The molecule has 3 N–H and O–H groups in total. The number of sulfonamides is 1. The number of anilines is 1. The number of halogens is 4. The van der Waals surface area contributed by atoms with Crippen molar-refractivity contribution in [2.45, 2.75) is 12.6 Å². The van der Waals surface area contributed by atoms with E-state index in [1.165, 1.54) is 12.1 Å². The van der Waals surface area contributed by atoms with Crippen LogP contribution in [0.25, 0.3) is 0 Å². The Hall–Kier alpha value is -0.800. The Morgan fingerprint density at radius 2 is 1.95 bits per heavy atom. The molecule has 0 heterocycles. The second kappa shape index (κ2) is 6.10. The van der Waals surface area contributed by atoms with Crippen LogP contribution in [0.3, 0.4) is 0 Å². The predicted octanol–water partition coefficient (Wildman–Crippen LogP) is 2.56. The van der Waals surface area contributed by atoms with Crippen LogP contribution in [-0.4, -0.2) is 20.7 Å². The molecule has 1 rings (SSSR count). The number of nitrogens with two attached hydrogens (primary N) is 1. The Balaban J connectivity index is 2.73. The Labute approximate surface area is 117 Å². The highest BCUT2D eigenvalue weighted by Crippen LogP contribution is 2.36. The van der Waals surface area contributed by atoms with Crippen LogP contribution in [0.2, 0.25) is 0 Å². The third-order valence-electron chi connectivity index (χ3n) is 2.21. The third-order valence-corrected chi connectivity index (χ3v) is 3.56. The Morgan fingerprint density at radius 3 is 2.47 bits per heavy atom. The minimum absolute atomic E-state index is 0.0845. The van der Waals surface area contributed by atoms with Crippen molar-refractivity contribution in [1.29, 1.82) is 0 Å². The molecule has 0 aliphatic rings. The first-order valence-electron chi connectivity index (χ1n) is 5.21. The van der Waals surface area contributed by atoms with Crippen LogP contribution < -0.4 is 10.5 Å². The van der Waals surface area contributed by atoms with Crippen molar-refractivity contribution < 1.29 is 21.6 Å². The number of hydrogen-bond donors (Lipinski definition) is 2. The van der Waals surface area contributed by atoms with Crippen LogP contribution in [0.5, 0.6) is 0 Å². The van der Waals surface area contributed by atoms with E-state index in [2.05, 4.69) is 21.2 Å². The molecule has 9 heteroatoms. The van der Waals surface area contributed by atoms with Gasteiger partial charge in [0.2, 0.25) is 10.0 Å². The number of primary sulfonamides is 1. The molecular weight excluding hydrogens is 349 g/mol. The van der Waals surface area contributed by atoms with E-state index >= 15 is 0 Å². The lowest BCUT2D eigenvalue weighted by atomic mass is 10.1. The van der Waals surface area contributed by atoms with Gasteiger partial charge in [-0.3, -0.25) is 0 Å².